The molecule has 1 heterocycles. The molecule has 0 aliphatic heterocycles. The van der Waals surface area contributed by atoms with Gasteiger partial charge >= 0.3 is 0 Å². The van der Waals surface area contributed by atoms with Gasteiger partial charge in [0.15, 0.2) is 5.96 Å². The van der Waals surface area contributed by atoms with Gasteiger partial charge in [0, 0.05) is 29.4 Å². The van der Waals surface area contributed by atoms with Crippen molar-refractivity contribution in [3.8, 4) is 0 Å². The molecule has 124 valence electrons. The molecule has 2 N–H and O–H groups in total. The van der Waals surface area contributed by atoms with Crippen LogP contribution in [0.5, 0.6) is 0 Å². The van der Waals surface area contributed by atoms with Crippen molar-refractivity contribution in [2.24, 2.45) is 4.99 Å². The van der Waals surface area contributed by atoms with E-state index in [0.717, 1.165) is 27.2 Å². The zero-order valence-corrected chi connectivity index (χ0v) is 15.6. The first-order chi connectivity index (χ1) is 10.9. The number of nitrogens with zero attached hydrogens (tertiary/aromatic N) is 2. The summed E-state index contributed by atoms with van der Waals surface area (Å²) in [4.78, 5) is 8.90. The number of thiazole rings is 1. The van der Waals surface area contributed by atoms with E-state index in [-0.39, 0.29) is 5.41 Å². The summed E-state index contributed by atoms with van der Waals surface area (Å²) in [5.74, 6) is 0.734. The van der Waals surface area contributed by atoms with Crippen molar-refractivity contribution in [3.05, 3.63) is 50.9 Å². The minimum atomic E-state index is 0.0821. The van der Waals surface area contributed by atoms with Crippen molar-refractivity contribution >= 4 is 28.9 Å². The lowest BCUT2D eigenvalue weighted by atomic mass is 9.93. The largest absolute Gasteiger partial charge is 0.352 e. The topological polar surface area (TPSA) is 49.3 Å². The summed E-state index contributed by atoms with van der Waals surface area (Å²) in [5.41, 5.74) is 2.25. The number of hydrogen-bond acceptors (Lipinski definition) is 3. The lowest BCUT2D eigenvalue weighted by molar-refractivity contribution is 0.570. The number of guanidine groups is 1. The normalized spacial score (nSPS) is 12.3. The number of hydrogen-bond donors (Lipinski definition) is 2. The van der Waals surface area contributed by atoms with Crippen LogP contribution in [0.3, 0.4) is 0 Å². The number of rotatable bonds is 4. The van der Waals surface area contributed by atoms with Crippen LogP contribution in [-0.2, 0) is 18.5 Å². The Morgan fingerprint density at radius 3 is 2.52 bits per heavy atom. The SMILES string of the molecule is CN=C(NCc1nc(C(C)(C)C)cs1)NCc1ccccc1Cl. The first kappa shape index (κ1) is 17.8. The molecule has 1 aromatic carbocycles. The molecule has 0 atom stereocenters. The van der Waals surface area contributed by atoms with Gasteiger partial charge in [-0.2, -0.15) is 0 Å². The molecule has 0 saturated carbocycles. The van der Waals surface area contributed by atoms with Crippen molar-refractivity contribution in [1.29, 1.82) is 0 Å². The Labute approximate surface area is 147 Å². The lowest BCUT2D eigenvalue weighted by Crippen LogP contribution is -2.36. The maximum atomic E-state index is 6.16. The summed E-state index contributed by atoms with van der Waals surface area (Å²) < 4.78 is 0. The molecule has 4 nitrogen and oxygen atoms in total. The van der Waals surface area contributed by atoms with E-state index < -0.39 is 0 Å². The monoisotopic (exact) mass is 350 g/mol. The minimum absolute atomic E-state index is 0.0821. The van der Waals surface area contributed by atoms with Crippen LogP contribution < -0.4 is 10.6 Å². The quantitative estimate of drug-likeness (QED) is 0.648. The highest BCUT2D eigenvalue weighted by atomic mass is 35.5. The van der Waals surface area contributed by atoms with Gasteiger partial charge in [-0.3, -0.25) is 4.99 Å². The zero-order chi connectivity index (χ0) is 16.9. The molecule has 0 unspecified atom stereocenters. The van der Waals surface area contributed by atoms with Gasteiger partial charge < -0.3 is 10.6 Å². The second-order valence-corrected chi connectivity index (χ2v) is 7.60. The van der Waals surface area contributed by atoms with E-state index >= 15 is 0 Å². The number of halogens is 1. The zero-order valence-electron chi connectivity index (χ0n) is 14.0. The molecule has 1 aromatic heterocycles. The molecule has 2 rings (SSSR count). The Kier molecular flexibility index (Phi) is 6.02. The van der Waals surface area contributed by atoms with Gasteiger partial charge in [-0.25, -0.2) is 4.98 Å². The Bertz CT molecular complexity index is 673. The average molecular weight is 351 g/mol. The smallest absolute Gasteiger partial charge is 0.191 e. The molecular weight excluding hydrogens is 328 g/mol. The molecule has 0 saturated heterocycles. The summed E-state index contributed by atoms with van der Waals surface area (Å²) >= 11 is 7.83. The molecule has 6 heteroatoms. The Morgan fingerprint density at radius 1 is 1.22 bits per heavy atom. The first-order valence-corrected chi connectivity index (χ1v) is 8.78. The predicted octanol–water partition coefficient (Wildman–Crippen LogP) is 3.96. The fourth-order valence-corrected chi connectivity index (χ4v) is 3.10. The molecule has 0 fully saturated rings. The Morgan fingerprint density at radius 2 is 1.91 bits per heavy atom. The highest BCUT2D eigenvalue weighted by molar-refractivity contribution is 7.09. The standard InChI is InChI=1S/C17H23ClN4S/c1-17(2,3)14-11-23-15(22-14)10-21-16(19-4)20-9-12-7-5-6-8-13(12)18/h5-8,11H,9-10H2,1-4H3,(H2,19,20,21). The fourth-order valence-electron chi connectivity index (χ4n) is 1.94. The van der Waals surface area contributed by atoms with Crippen molar-refractivity contribution in [3.63, 3.8) is 0 Å². The Balaban J connectivity index is 1.88. The third-order valence-electron chi connectivity index (χ3n) is 3.35. The second-order valence-electron chi connectivity index (χ2n) is 6.25. The molecular formula is C17H23ClN4S. The molecule has 0 bridgehead atoms. The van der Waals surface area contributed by atoms with Gasteiger partial charge in [-0.1, -0.05) is 50.6 Å². The van der Waals surface area contributed by atoms with Crippen molar-refractivity contribution in [2.75, 3.05) is 7.05 Å². The van der Waals surface area contributed by atoms with E-state index in [0.29, 0.717) is 13.1 Å². The van der Waals surface area contributed by atoms with Crippen LogP contribution in [0.25, 0.3) is 0 Å². The van der Waals surface area contributed by atoms with Gasteiger partial charge in [0.1, 0.15) is 5.01 Å². The predicted molar refractivity (Wildman–Crippen MR) is 99.3 cm³/mol. The molecule has 23 heavy (non-hydrogen) atoms. The summed E-state index contributed by atoms with van der Waals surface area (Å²) in [6, 6.07) is 7.79. The average Bonchev–Trinajstić information content (AvgIpc) is 2.98. The van der Waals surface area contributed by atoms with Crippen molar-refractivity contribution in [1.82, 2.24) is 15.6 Å². The maximum absolute atomic E-state index is 6.16. The summed E-state index contributed by atoms with van der Waals surface area (Å²) in [6.45, 7) is 7.80. The first-order valence-electron chi connectivity index (χ1n) is 7.53. The number of benzene rings is 1. The van der Waals surface area contributed by atoms with E-state index in [1.165, 1.54) is 0 Å². The summed E-state index contributed by atoms with van der Waals surface area (Å²) in [6.07, 6.45) is 0. The van der Waals surface area contributed by atoms with E-state index in [9.17, 15) is 0 Å². The van der Waals surface area contributed by atoms with E-state index in [4.69, 9.17) is 11.6 Å². The van der Waals surface area contributed by atoms with Crippen LogP contribution in [0.15, 0.2) is 34.6 Å². The fraction of sp³-hybridized carbons (Fsp3) is 0.412. The van der Waals surface area contributed by atoms with E-state index in [1.54, 1.807) is 18.4 Å². The molecule has 0 spiro atoms. The van der Waals surface area contributed by atoms with E-state index in [2.05, 4.69) is 46.8 Å². The van der Waals surface area contributed by atoms with Crippen molar-refractivity contribution in [2.45, 2.75) is 39.3 Å². The van der Waals surface area contributed by atoms with Crippen LogP contribution in [-0.4, -0.2) is 18.0 Å². The minimum Gasteiger partial charge on any atom is -0.352 e. The van der Waals surface area contributed by atoms with Crippen molar-refractivity contribution < 1.29 is 0 Å². The summed E-state index contributed by atoms with van der Waals surface area (Å²) in [7, 11) is 1.75. The number of aliphatic imine (C=N–C) groups is 1. The van der Waals surface area contributed by atoms with Gasteiger partial charge in [-0.05, 0) is 11.6 Å². The second kappa shape index (κ2) is 7.79. The van der Waals surface area contributed by atoms with Crippen LogP contribution in [0.2, 0.25) is 5.02 Å². The van der Waals surface area contributed by atoms with Crippen LogP contribution in [0, 0.1) is 0 Å². The van der Waals surface area contributed by atoms with Gasteiger partial charge in [-0.15, -0.1) is 11.3 Å². The molecule has 0 aliphatic carbocycles. The third kappa shape index (κ3) is 5.22. The van der Waals surface area contributed by atoms with Gasteiger partial charge in [0.2, 0.25) is 0 Å². The molecule has 0 radical (unpaired) electrons. The summed E-state index contributed by atoms with van der Waals surface area (Å²) in [5, 5.41) is 10.5. The third-order valence-corrected chi connectivity index (χ3v) is 4.57. The Hall–Kier alpha value is -1.59. The van der Waals surface area contributed by atoms with Crippen LogP contribution in [0.1, 0.15) is 37.0 Å². The molecule has 0 aliphatic rings. The van der Waals surface area contributed by atoms with Gasteiger partial charge in [0.25, 0.3) is 0 Å². The molecule has 2 aromatic rings. The lowest BCUT2D eigenvalue weighted by Gasteiger charge is -2.14. The number of aromatic nitrogens is 1. The van der Waals surface area contributed by atoms with Crippen LogP contribution >= 0.6 is 22.9 Å². The highest BCUT2D eigenvalue weighted by Crippen LogP contribution is 2.23. The highest BCUT2D eigenvalue weighted by Gasteiger charge is 2.17. The van der Waals surface area contributed by atoms with E-state index in [1.807, 2.05) is 24.3 Å². The molecule has 0 amide bonds. The van der Waals surface area contributed by atoms with Crippen LogP contribution in [0.4, 0.5) is 0 Å². The maximum Gasteiger partial charge on any atom is 0.191 e. The number of nitrogens with one attached hydrogen (secondary N) is 2. The van der Waals surface area contributed by atoms with Gasteiger partial charge in [0.05, 0.1) is 12.2 Å².